The van der Waals surface area contributed by atoms with Crippen molar-refractivity contribution >= 4 is 34.0 Å². The van der Waals surface area contributed by atoms with Crippen molar-refractivity contribution in [1.82, 2.24) is 24.7 Å². The molecule has 2 aromatic carbocycles. The first-order chi connectivity index (χ1) is 14.2. The molecule has 0 radical (unpaired) electrons. The van der Waals surface area contributed by atoms with Crippen molar-refractivity contribution in [2.45, 2.75) is 0 Å². The Balaban J connectivity index is 1.45. The minimum atomic E-state index is 0.465. The molecule has 0 aliphatic rings. The van der Waals surface area contributed by atoms with E-state index >= 15 is 0 Å². The molecule has 2 N–H and O–H groups in total. The van der Waals surface area contributed by atoms with Crippen molar-refractivity contribution in [3.05, 3.63) is 78.3 Å². The highest BCUT2D eigenvalue weighted by Gasteiger charge is 2.10. The van der Waals surface area contributed by atoms with E-state index in [9.17, 15) is 0 Å². The predicted molar refractivity (Wildman–Crippen MR) is 116 cm³/mol. The Labute approximate surface area is 172 Å². The molecule has 0 amide bonds. The number of benzene rings is 2. The highest BCUT2D eigenvalue weighted by Crippen LogP contribution is 2.28. The average molecular weight is 401 g/mol. The number of hydrogen-bond donors (Lipinski definition) is 2. The molecule has 0 aliphatic carbocycles. The van der Waals surface area contributed by atoms with E-state index in [1.807, 2.05) is 49.8 Å². The number of aryl methyl sites for hydroxylation is 1. The Morgan fingerprint density at radius 3 is 2.59 bits per heavy atom. The lowest BCUT2D eigenvalue weighted by molar-refractivity contribution is 0.969. The number of rotatable bonds is 4. The van der Waals surface area contributed by atoms with E-state index in [1.165, 1.54) is 5.39 Å². The average Bonchev–Trinajstić information content (AvgIpc) is 3.41. The van der Waals surface area contributed by atoms with Gasteiger partial charge >= 0.3 is 0 Å². The molecular weight excluding hydrogens is 384 g/mol. The van der Waals surface area contributed by atoms with Gasteiger partial charge < -0.3 is 9.88 Å². The van der Waals surface area contributed by atoms with Crippen LogP contribution in [0.2, 0.25) is 5.02 Å². The third kappa shape index (κ3) is 3.34. The molecule has 0 fully saturated rings. The molecule has 0 aliphatic heterocycles. The highest BCUT2D eigenvalue weighted by atomic mass is 35.5. The molecule has 3 aromatic heterocycles. The lowest BCUT2D eigenvalue weighted by Crippen LogP contribution is -1.98. The van der Waals surface area contributed by atoms with Gasteiger partial charge in [-0.15, -0.1) is 0 Å². The SMILES string of the molecule is Cn1ccc2ccc(-c3ncc(Cl)c(Nc4ccc(-c5cn[nH]c5)cc4)n3)cc21. The Morgan fingerprint density at radius 1 is 0.966 bits per heavy atom. The van der Waals surface area contributed by atoms with Gasteiger partial charge in [0.2, 0.25) is 0 Å². The zero-order chi connectivity index (χ0) is 19.8. The first kappa shape index (κ1) is 17.5. The van der Waals surface area contributed by atoms with Crippen LogP contribution in [0.15, 0.2) is 73.3 Å². The van der Waals surface area contributed by atoms with E-state index in [2.05, 4.69) is 48.2 Å². The van der Waals surface area contributed by atoms with E-state index in [1.54, 1.807) is 12.4 Å². The fraction of sp³-hybridized carbons (Fsp3) is 0.0455. The van der Waals surface area contributed by atoms with Crippen molar-refractivity contribution in [2.75, 3.05) is 5.32 Å². The summed E-state index contributed by atoms with van der Waals surface area (Å²) in [6.07, 6.45) is 7.32. The molecule has 5 aromatic rings. The summed E-state index contributed by atoms with van der Waals surface area (Å²) >= 11 is 6.34. The lowest BCUT2D eigenvalue weighted by atomic mass is 10.1. The third-order valence-electron chi connectivity index (χ3n) is 4.87. The number of aromatic amines is 1. The van der Waals surface area contributed by atoms with Gasteiger partial charge in [0.1, 0.15) is 5.02 Å². The van der Waals surface area contributed by atoms with Crippen LogP contribution in [0.1, 0.15) is 0 Å². The summed E-state index contributed by atoms with van der Waals surface area (Å²) in [5, 5.41) is 11.7. The normalized spacial score (nSPS) is 11.1. The number of fused-ring (bicyclic) bond motifs is 1. The fourth-order valence-corrected chi connectivity index (χ4v) is 3.43. The van der Waals surface area contributed by atoms with Gasteiger partial charge in [-0.25, -0.2) is 9.97 Å². The van der Waals surface area contributed by atoms with E-state index in [0.717, 1.165) is 27.9 Å². The van der Waals surface area contributed by atoms with Gasteiger partial charge in [0.15, 0.2) is 11.6 Å². The van der Waals surface area contributed by atoms with Crippen molar-refractivity contribution in [2.24, 2.45) is 7.05 Å². The number of nitrogens with one attached hydrogen (secondary N) is 2. The van der Waals surface area contributed by atoms with Crippen molar-refractivity contribution in [1.29, 1.82) is 0 Å². The maximum atomic E-state index is 6.34. The molecule has 0 spiro atoms. The van der Waals surface area contributed by atoms with Gasteiger partial charge in [0, 0.05) is 41.8 Å². The van der Waals surface area contributed by atoms with Crippen LogP contribution in [0.4, 0.5) is 11.5 Å². The summed E-state index contributed by atoms with van der Waals surface area (Å²) in [6.45, 7) is 0. The van der Waals surface area contributed by atoms with E-state index in [-0.39, 0.29) is 0 Å². The van der Waals surface area contributed by atoms with Gasteiger partial charge in [-0.3, -0.25) is 5.10 Å². The van der Waals surface area contributed by atoms with Gasteiger partial charge in [-0.05, 0) is 35.2 Å². The molecule has 3 heterocycles. The number of anilines is 2. The second-order valence-electron chi connectivity index (χ2n) is 6.78. The lowest BCUT2D eigenvalue weighted by Gasteiger charge is -2.10. The van der Waals surface area contributed by atoms with Gasteiger partial charge in [-0.2, -0.15) is 5.10 Å². The van der Waals surface area contributed by atoms with Crippen LogP contribution in [0, 0.1) is 0 Å². The molecule has 0 bridgehead atoms. The zero-order valence-electron chi connectivity index (χ0n) is 15.6. The number of halogens is 1. The predicted octanol–water partition coefficient (Wildman–Crippen LogP) is 5.42. The summed E-state index contributed by atoms with van der Waals surface area (Å²) < 4.78 is 2.08. The smallest absolute Gasteiger partial charge is 0.161 e. The molecular formula is C22H17ClN6. The topological polar surface area (TPSA) is 71.4 Å². The number of H-pyrrole nitrogens is 1. The van der Waals surface area contributed by atoms with Crippen LogP contribution in [0.25, 0.3) is 33.4 Å². The van der Waals surface area contributed by atoms with Crippen LogP contribution in [0.3, 0.4) is 0 Å². The second-order valence-corrected chi connectivity index (χ2v) is 7.19. The first-order valence-electron chi connectivity index (χ1n) is 9.11. The first-order valence-corrected chi connectivity index (χ1v) is 9.49. The Kier molecular flexibility index (Phi) is 4.26. The van der Waals surface area contributed by atoms with Gasteiger partial charge in [0.05, 0.1) is 12.4 Å². The van der Waals surface area contributed by atoms with Crippen LogP contribution < -0.4 is 5.32 Å². The quantitative estimate of drug-likeness (QED) is 0.422. The van der Waals surface area contributed by atoms with Crippen LogP contribution in [0.5, 0.6) is 0 Å². The highest BCUT2D eigenvalue weighted by molar-refractivity contribution is 6.32. The monoisotopic (exact) mass is 400 g/mol. The van der Waals surface area contributed by atoms with Crippen molar-refractivity contribution < 1.29 is 0 Å². The van der Waals surface area contributed by atoms with Crippen LogP contribution in [-0.2, 0) is 7.05 Å². The molecule has 0 saturated heterocycles. The second kappa shape index (κ2) is 7.07. The number of nitrogens with zero attached hydrogens (tertiary/aromatic N) is 4. The maximum absolute atomic E-state index is 6.34. The largest absolute Gasteiger partial charge is 0.351 e. The molecule has 0 atom stereocenters. The summed E-state index contributed by atoms with van der Waals surface area (Å²) in [7, 11) is 2.02. The summed E-state index contributed by atoms with van der Waals surface area (Å²) in [6, 6.07) is 16.3. The molecule has 7 heteroatoms. The molecule has 0 saturated carbocycles. The zero-order valence-corrected chi connectivity index (χ0v) is 16.4. The number of aromatic nitrogens is 5. The summed E-state index contributed by atoms with van der Waals surface area (Å²) in [5.74, 6) is 1.19. The molecule has 142 valence electrons. The third-order valence-corrected chi connectivity index (χ3v) is 5.15. The van der Waals surface area contributed by atoms with E-state index < -0.39 is 0 Å². The molecule has 5 rings (SSSR count). The van der Waals surface area contributed by atoms with Crippen LogP contribution >= 0.6 is 11.6 Å². The molecule has 6 nitrogen and oxygen atoms in total. The van der Waals surface area contributed by atoms with E-state index in [0.29, 0.717) is 16.7 Å². The van der Waals surface area contributed by atoms with Crippen LogP contribution in [-0.4, -0.2) is 24.7 Å². The van der Waals surface area contributed by atoms with Gasteiger partial charge in [0.25, 0.3) is 0 Å². The number of hydrogen-bond acceptors (Lipinski definition) is 4. The standard InChI is InChI=1S/C22H17ClN6/c1-29-9-8-15-2-3-16(10-20(15)29)21-24-13-19(23)22(28-21)27-18-6-4-14(5-7-18)17-11-25-26-12-17/h2-13H,1H3,(H,25,26)(H,24,27,28). The van der Waals surface area contributed by atoms with E-state index in [4.69, 9.17) is 11.6 Å². The van der Waals surface area contributed by atoms with Gasteiger partial charge in [-0.1, -0.05) is 35.9 Å². The molecule has 29 heavy (non-hydrogen) atoms. The Hall–Kier alpha value is -3.64. The minimum absolute atomic E-state index is 0.465. The van der Waals surface area contributed by atoms with Crippen molar-refractivity contribution in [3.63, 3.8) is 0 Å². The summed E-state index contributed by atoms with van der Waals surface area (Å²) in [4.78, 5) is 9.07. The molecule has 0 unspecified atom stereocenters. The Morgan fingerprint density at radius 2 is 1.79 bits per heavy atom. The summed E-state index contributed by atoms with van der Waals surface area (Å²) in [5.41, 5.74) is 5.08. The fourth-order valence-electron chi connectivity index (χ4n) is 3.29. The minimum Gasteiger partial charge on any atom is -0.351 e. The van der Waals surface area contributed by atoms with Crippen molar-refractivity contribution in [3.8, 4) is 22.5 Å². The Bertz CT molecular complexity index is 1290. The maximum Gasteiger partial charge on any atom is 0.161 e.